The molecule has 0 aliphatic carbocycles. The largest absolute Gasteiger partial charge is 0.352 e. The summed E-state index contributed by atoms with van der Waals surface area (Å²) in [7, 11) is 0. The zero-order chi connectivity index (χ0) is 8.43. The monoisotopic (exact) mass is 154 g/mol. The maximum Gasteiger partial charge on any atom is 0.253 e. The summed E-state index contributed by atoms with van der Waals surface area (Å²) in [6.07, 6.45) is -1.05. The van der Waals surface area contributed by atoms with Crippen molar-refractivity contribution in [2.75, 3.05) is 0 Å². The predicted molar refractivity (Wildman–Crippen MR) is 37.6 cm³/mol. The SMILES string of the molecule is CC(C)NC(=O)C1OC1C#N. The summed E-state index contributed by atoms with van der Waals surface area (Å²) in [6, 6.07) is 1.96. The molecule has 0 aromatic carbocycles. The number of carbonyl (C=O) groups is 1. The van der Waals surface area contributed by atoms with Gasteiger partial charge in [0.25, 0.3) is 5.91 Å². The summed E-state index contributed by atoms with van der Waals surface area (Å²) in [4.78, 5) is 11.0. The van der Waals surface area contributed by atoms with E-state index in [1.165, 1.54) is 0 Å². The molecule has 1 fully saturated rings. The summed E-state index contributed by atoms with van der Waals surface area (Å²) >= 11 is 0. The Kier molecular flexibility index (Phi) is 2.11. The highest BCUT2D eigenvalue weighted by Gasteiger charge is 2.45. The molecular weight excluding hydrogens is 144 g/mol. The molecule has 0 saturated carbocycles. The van der Waals surface area contributed by atoms with Crippen LogP contribution in [0.25, 0.3) is 0 Å². The fourth-order valence-corrected chi connectivity index (χ4v) is 0.777. The number of nitrogens with one attached hydrogen (secondary N) is 1. The third kappa shape index (κ3) is 1.92. The summed E-state index contributed by atoms with van der Waals surface area (Å²) in [5.74, 6) is -0.188. The number of epoxide rings is 1. The minimum Gasteiger partial charge on any atom is -0.352 e. The molecule has 1 amide bonds. The van der Waals surface area contributed by atoms with Crippen molar-refractivity contribution in [1.82, 2.24) is 5.32 Å². The molecule has 0 bridgehead atoms. The van der Waals surface area contributed by atoms with Gasteiger partial charge >= 0.3 is 0 Å². The summed E-state index contributed by atoms with van der Waals surface area (Å²) in [5, 5.41) is 11.0. The molecule has 1 aliphatic rings. The number of ether oxygens (including phenoxy) is 1. The van der Waals surface area contributed by atoms with Gasteiger partial charge in [-0.2, -0.15) is 5.26 Å². The average Bonchev–Trinajstić information content (AvgIpc) is 2.63. The lowest BCUT2D eigenvalue weighted by Crippen LogP contribution is -2.34. The molecule has 11 heavy (non-hydrogen) atoms. The third-order valence-electron chi connectivity index (χ3n) is 1.31. The van der Waals surface area contributed by atoms with E-state index in [-0.39, 0.29) is 11.9 Å². The fourth-order valence-electron chi connectivity index (χ4n) is 0.777. The van der Waals surface area contributed by atoms with Gasteiger partial charge in [-0.3, -0.25) is 4.79 Å². The molecule has 2 atom stereocenters. The minimum atomic E-state index is -0.526. The molecule has 1 heterocycles. The van der Waals surface area contributed by atoms with Crippen molar-refractivity contribution in [2.45, 2.75) is 32.1 Å². The quantitative estimate of drug-likeness (QED) is 0.560. The van der Waals surface area contributed by atoms with Gasteiger partial charge in [0.15, 0.2) is 12.2 Å². The lowest BCUT2D eigenvalue weighted by molar-refractivity contribution is -0.122. The Bertz CT molecular complexity index is 207. The van der Waals surface area contributed by atoms with Crippen molar-refractivity contribution < 1.29 is 9.53 Å². The Morgan fingerprint density at radius 3 is 2.73 bits per heavy atom. The highest BCUT2D eigenvalue weighted by Crippen LogP contribution is 2.20. The van der Waals surface area contributed by atoms with Crippen molar-refractivity contribution in [3.8, 4) is 6.07 Å². The van der Waals surface area contributed by atoms with Gasteiger partial charge < -0.3 is 10.1 Å². The summed E-state index contributed by atoms with van der Waals surface area (Å²) < 4.78 is 4.76. The Hall–Kier alpha value is -1.08. The number of hydrogen-bond donors (Lipinski definition) is 1. The van der Waals surface area contributed by atoms with Crippen LogP contribution in [0, 0.1) is 11.3 Å². The van der Waals surface area contributed by atoms with E-state index >= 15 is 0 Å². The molecule has 60 valence electrons. The lowest BCUT2D eigenvalue weighted by Gasteiger charge is -2.04. The highest BCUT2D eigenvalue weighted by molar-refractivity contribution is 5.84. The maximum absolute atomic E-state index is 11.0. The van der Waals surface area contributed by atoms with Gasteiger partial charge in [-0.15, -0.1) is 0 Å². The van der Waals surface area contributed by atoms with E-state index in [4.69, 9.17) is 10.00 Å². The second-order valence-corrected chi connectivity index (χ2v) is 2.77. The Morgan fingerprint density at radius 1 is 1.73 bits per heavy atom. The van der Waals surface area contributed by atoms with Crippen LogP contribution in [0.3, 0.4) is 0 Å². The topological polar surface area (TPSA) is 65.4 Å². The Labute approximate surface area is 65.1 Å². The number of hydrogen-bond acceptors (Lipinski definition) is 3. The first-order chi connectivity index (χ1) is 5.15. The van der Waals surface area contributed by atoms with Crippen molar-refractivity contribution in [1.29, 1.82) is 5.26 Å². The van der Waals surface area contributed by atoms with E-state index in [0.717, 1.165) is 0 Å². The second-order valence-electron chi connectivity index (χ2n) is 2.77. The molecule has 0 spiro atoms. The van der Waals surface area contributed by atoms with Crippen LogP contribution in [-0.4, -0.2) is 24.2 Å². The van der Waals surface area contributed by atoms with E-state index in [1.807, 2.05) is 19.9 Å². The lowest BCUT2D eigenvalue weighted by atomic mass is 10.3. The van der Waals surface area contributed by atoms with E-state index in [9.17, 15) is 4.79 Å². The molecule has 0 aromatic heterocycles. The van der Waals surface area contributed by atoms with Gasteiger partial charge in [0, 0.05) is 6.04 Å². The predicted octanol–water partition coefficient (Wildman–Crippen LogP) is -0.198. The number of rotatable bonds is 2. The molecule has 4 nitrogen and oxygen atoms in total. The number of nitrogens with zero attached hydrogens (tertiary/aromatic N) is 1. The molecule has 1 N–H and O–H groups in total. The van der Waals surface area contributed by atoms with Crippen LogP contribution in [0.15, 0.2) is 0 Å². The fraction of sp³-hybridized carbons (Fsp3) is 0.714. The molecule has 1 rings (SSSR count). The van der Waals surface area contributed by atoms with Crippen molar-refractivity contribution in [2.24, 2.45) is 0 Å². The van der Waals surface area contributed by atoms with E-state index < -0.39 is 12.2 Å². The van der Waals surface area contributed by atoms with Crippen LogP contribution in [0.2, 0.25) is 0 Å². The summed E-state index contributed by atoms with van der Waals surface area (Å²) in [5.41, 5.74) is 0. The molecule has 2 unspecified atom stereocenters. The van der Waals surface area contributed by atoms with Crippen LogP contribution in [0.5, 0.6) is 0 Å². The zero-order valence-electron chi connectivity index (χ0n) is 6.50. The molecule has 0 radical (unpaired) electrons. The van der Waals surface area contributed by atoms with Crippen molar-refractivity contribution >= 4 is 5.91 Å². The van der Waals surface area contributed by atoms with E-state index in [0.29, 0.717) is 0 Å². The van der Waals surface area contributed by atoms with Crippen LogP contribution in [-0.2, 0) is 9.53 Å². The first-order valence-corrected chi connectivity index (χ1v) is 3.50. The van der Waals surface area contributed by atoms with Gasteiger partial charge in [0.2, 0.25) is 0 Å². The van der Waals surface area contributed by atoms with Crippen LogP contribution >= 0.6 is 0 Å². The average molecular weight is 154 g/mol. The van der Waals surface area contributed by atoms with E-state index in [1.54, 1.807) is 0 Å². The molecule has 4 heteroatoms. The minimum absolute atomic E-state index is 0.103. The van der Waals surface area contributed by atoms with Gasteiger partial charge in [-0.05, 0) is 13.8 Å². The van der Waals surface area contributed by atoms with Gasteiger partial charge in [-0.1, -0.05) is 0 Å². The van der Waals surface area contributed by atoms with Crippen LogP contribution in [0.4, 0.5) is 0 Å². The number of carbonyl (C=O) groups excluding carboxylic acids is 1. The molecular formula is C7H10N2O2. The molecule has 1 saturated heterocycles. The normalized spacial score (nSPS) is 27.8. The Morgan fingerprint density at radius 2 is 2.36 bits per heavy atom. The van der Waals surface area contributed by atoms with Crippen molar-refractivity contribution in [3.05, 3.63) is 0 Å². The zero-order valence-corrected chi connectivity index (χ0v) is 6.50. The van der Waals surface area contributed by atoms with Crippen LogP contribution < -0.4 is 5.32 Å². The smallest absolute Gasteiger partial charge is 0.253 e. The number of amides is 1. The van der Waals surface area contributed by atoms with Gasteiger partial charge in [0.05, 0.1) is 6.07 Å². The van der Waals surface area contributed by atoms with Crippen molar-refractivity contribution in [3.63, 3.8) is 0 Å². The van der Waals surface area contributed by atoms with E-state index in [2.05, 4.69) is 5.32 Å². The van der Waals surface area contributed by atoms with Crippen LogP contribution in [0.1, 0.15) is 13.8 Å². The molecule has 1 aliphatic heterocycles. The number of nitriles is 1. The third-order valence-corrected chi connectivity index (χ3v) is 1.31. The first kappa shape index (κ1) is 8.02. The maximum atomic E-state index is 11.0. The standard InChI is InChI=1S/C7H10N2O2/c1-4(2)9-7(10)6-5(3-8)11-6/h4-6H,1-2H3,(H,9,10). The van der Waals surface area contributed by atoms with Gasteiger partial charge in [-0.25, -0.2) is 0 Å². The molecule has 0 aromatic rings. The first-order valence-electron chi connectivity index (χ1n) is 3.50. The Balaban J connectivity index is 2.30. The highest BCUT2D eigenvalue weighted by atomic mass is 16.6. The second kappa shape index (κ2) is 2.89. The van der Waals surface area contributed by atoms with Gasteiger partial charge in [0.1, 0.15) is 0 Å². The summed E-state index contributed by atoms with van der Waals surface area (Å²) in [6.45, 7) is 3.73.